The maximum absolute atomic E-state index is 11.8. The summed E-state index contributed by atoms with van der Waals surface area (Å²) in [5.41, 5.74) is 5.47. The summed E-state index contributed by atoms with van der Waals surface area (Å²) in [6, 6.07) is 0. The molecule has 0 aromatic rings. The Morgan fingerprint density at radius 3 is 2.87 bits per heavy atom. The molecule has 2 unspecified atom stereocenters. The van der Waals surface area contributed by atoms with Gasteiger partial charge < -0.3 is 15.4 Å². The van der Waals surface area contributed by atoms with E-state index in [1.807, 2.05) is 11.8 Å². The monoisotopic (exact) mass is 236 g/mol. The van der Waals surface area contributed by atoms with Crippen LogP contribution in [-0.2, 0) is 9.53 Å². The molecule has 90 valence electrons. The molecule has 0 saturated carbocycles. The van der Waals surface area contributed by atoms with Crippen molar-refractivity contribution in [3.8, 4) is 0 Å². The maximum Gasteiger partial charge on any atom is 0.226 e. The Balaban J connectivity index is 0.00000196. The number of likely N-dealkylation sites (tertiary alicyclic amines) is 1. The van der Waals surface area contributed by atoms with Crippen molar-refractivity contribution in [1.82, 2.24) is 4.90 Å². The zero-order chi connectivity index (χ0) is 10.6. The second-order valence-electron chi connectivity index (χ2n) is 3.92. The van der Waals surface area contributed by atoms with E-state index in [0.29, 0.717) is 6.54 Å². The van der Waals surface area contributed by atoms with Gasteiger partial charge in [0.2, 0.25) is 5.91 Å². The molecule has 1 rings (SSSR count). The van der Waals surface area contributed by atoms with Crippen LogP contribution in [-0.4, -0.2) is 43.7 Å². The Kier molecular flexibility index (Phi) is 6.89. The molecule has 15 heavy (non-hydrogen) atoms. The molecule has 5 heteroatoms. The van der Waals surface area contributed by atoms with Gasteiger partial charge in [-0.15, -0.1) is 12.4 Å². The van der Waals surface area contributed by atoms with Gasteiger partial charge in [0.25, 0.3) is 0 Å². The van der Waals surface area contributed by atoms with Gasteiger partial charge in [0.15, 0.2) is 0 Å². The van der Waals surface area contributed by atoms with E-state index in [0.717, 1.165) is 25.9 Å². The molecule has 0 aromatic heterocycles. The summed E-state index contributed by atoms with van der Waals surface area (Å²) in [4.78, 5) is 13.7. The highest BCUT2D eigenvalue weighted by molar-refractivity contribution is 5.85. The van der Waals surface area contributed by atoms with Gasteiger partial charge in [-0.05, 0) is 12.8 Å². The summed E-state index contributed by atoms with van der Waals surface area (Å²) in [5, 5.41) is 0. The second kappa shape index (κ2) is 7.04. The smallest absolute Gasteiger partial charge is 0.226 e. The molecular formula is C10H21ClN2O2. The molecule has 0 bridgehead atoms. The van der Waals surface area contributed by atoms with Crippen molar-refractivity contribution < 1.29 is 9.53 Å². The summed E-state index contributed by atoms with van der Waals surface area (Å²) >= 11 is 0. The first-order chi connectivity index (χ1) is 6.69. The first kappa shape index (κ1) is 14.7. The summed E-state index contributed by atoms with van der Waals surface area (Å²) in [6.07, 6.45) is 2.29. The minimum Gasteiger partial charge on any atom is -0.380 e. The highest BCUT2D eigenvalue weighted by Crippen LogP contribution is 2.14. The standard InChI is InChI=1S/C10H20N2O2.ClH/c1-8(6-11)10(13)12-5-3-4-9(7-12)14-2;/h8-9H,3-7,11H2,1-2H3;1H. The second-order valence-corrected chi connectivity index (χ2v) is 3.92. The highest BCUT2D eigenvalue weighted by atomic mass is 35.5. The van der Waals surface area contributed by atoms with Gasteiger partial charge in [0, 0.05) is 32.7 Å². The van der Waals surface area contributed by atoms with E-state index < -0.39 is 0 Å². The molecule has 4 nitrogen and oxygen atoms in total. The Morgan fingerprint density at radius 1 is 1.67 bits per heavy atom. The molecule has 0 aromatic carbocycles. The molecule has 1 fully saturated rings. The number of carbonyl (C=O) groups is 1. The van der Waals surface area contributed by atoms with Gasteiger partial charge in [-0.25, -0.2) is 0 Å². The van der Waals surface area contributed by atoms with Crippen molar-refractivity contribution in [3.05, 3.63) is 0 Å². The summed E-state index contributed by atoms with van der Waals surface area (Å²) in [7, 11) is 1.70. The predicted octanol–water partition coefficient (Wildman–Crippen LogP) is 0.640. The number of nitrogens with two attached hydrogens (primary N) is 1. The Hall–Kier alpha value is -0.320. The first-order valence-corrected chi connectivity index (χ1v) is 5.20. The molecule has 1 heterocycles. The molecule has 0 radical (unpaired) electrons. The van der Waals surface area contributed by atoms with Crippen molar-refractivity contribution in [1.29, 1.82) is 0 Å². The number of nitrogens with zero attached hydrogens (tertiary/aromatic N) is 1. The van der Waals surface area contributed by atoms with E-state index in [1.54, 1.807) is 7.11 Å². The zero-order valence-corrected chi connectivity index (χ0v) is 10.3. The number of rotatable bonds is 3. The minimum absolute atomic E-state index is 0. The largest absolute Gasteiger partial charge is 0.380 e. The van der Waals surface area contributed by atoms with Crippen LogP contribution in [0.4, 0.5) is 0 Å². The number of amides is 1. The minimum atomic E-state index is -0.0643. The van der Waals surface area contributed by atoms with E-state index in [4.69, 9.17) is 10.5 Å². The summed E-state index contributed by atoms with van der Waals surface area (Å²) in [6.45, 7) is 3.87. The third-order valence-corrected chi connectivity index (χ3v) is 2.80. The van der Waals surface area contributed by atoms with Crippen molar-refractivity contribution in [2.75, 3.05) is 26.7 Å². The fourth-order valence-corrected chi connectivity index (χ4v) is 1.74. The van der Waals surface area contributed by atoms with Gasteiger partial charge in [-0.2, -0.15) is 0 Å². The van der Waals surface area contributed by atoms with Crippen LogP contribution in [0.25, 0.3) is 0 Å². The Labute approximate surface area is 97.5 Å². The number of carbonyl (C=O) groups excluding carboxylic acids is 1. The van der Waals surface area contributed by atoms with Gasteiger partial charge in [0.05, 0.1) is 6.10 Å². The van der Waals surface area contributed by atoms with E-state index in [-0.39, 0.29) is 30.3 Å². The van der Waals surface area contributed by atoms with E-state index >= 15 is 0 Å². The van der Waals surface area contributed by atoms with Gasteiger partial charge >= 0.3 is 0 Å². The van der Waals surface area contributed by atoms with Crippen molar-refractivity contribution in [2.24, 2.45) is 11.7 Å². The van der Waals surface area contributed by atoms with Crippen molar-refractivity contribution in [2.45, 2.75) is 25.9 Å². The lowest BCUT2D eigenvalue weighted by molar-refractivity contribution is -0.138. The number of ether oxygens (including phenoxy) is 1. The Bertz CT molecular complexity index is 202. The lowest BCUT2D eigenvalue weighted by Crippen LogP contribution is -2.46. The van der Waals surface area contributed by atoms with Gasteiger partial charge in [-0.1, -0.05) is 6.92 Å². The number of hydrogen-bond donors (Lipinski definition) is 1. The third-order valence-electron chi connectivity index (χ3n) is 2.80. The van der Waals surface area contributed by atoms with Crippen LogP contribution in [0, 0.1) is 5.92 Å². The van der Waals surface area contributed by atoms with Crippen molar-refractivity contribution >= 4 is 18.3 Å². The first-order valence-electron chi connectivity index (χ1n) is 5.20. The van der Waals surface area contributed by atoms with E-state index in [9.17, 15) is 4.79 Å². The molecule has 0 spiro atoms. The van der Waals surface area contributed by atoms with Crippen molar-refractivity contribution in [3.63, 3.8) is 0 Å². The fraction of sp³-hybridized carbons (Fsp3) is 0.900. The average molecular weight is 237 g/mol. The molecule has 2 atom stereocenters. The lowest BCUT2D eigenvalue weighted by atomic mass is 10.1. The number of halogens is 1. The van der Waals surface area contributed by atoms with Crippen LogP contribution in [0.1, 0.15) is 19.8 Å². The number of piperidine rings is 1. The molecule has 1 saturated heterocycles. The van der Waals surface area contributed by atoms with E-state index in [1.165, 1.54) is 0 Å². The molecule has 1 aliphatic heterocycles. The highest BCUT2D eigenvalue weighted by Gasteiger charge is 2.25. The quantitative estimate of drug-likeness (QED) is 0.783. The average Bonchev–Trinajstić information content (AvgIpc) is 2.27. The maximum atomic E-state index is 11.8. The number of hydrogen-bond acceptors (Lipinski definition) is 3. The van der Waals surface area contributed by atoms with Crippen LogP contribution >= 0.6 is 12.4 Å². The zero-order valence-electron chi connectivity index (χ0n) is 9.44. The van der Waals surface area contributed by atoms with Crippen LogP contribution in [0.5, 0.6) is 0 Å². The van der Waals surface area contributed by atoms with Crippen LogP contribution in [0.15, 0.2) is 0 Å². The van der Waals surface area contributed by atoms with Gasteiger partial charge in [-0.3, -0.25) is 4.79 Å². The lowest BCUT2D eigenvalue weighted by Gasteiger charge is -2.33. The topological polar surface area (TPSA) is 55.6 Å². The molecular weight excluding hydrogens is 216 g/mol. The Morgan fingerprint density at radius 2 is 2.33 bits per heavy atom. The normalized spacial score (nSPS) is 23.1. The third kappa shape index (κ3) is 3.97. The molecule has 1 amide bonds. The van der Waals surface area contributed by atoms with Crippen LogP contribution in [0.2, 0.25) is 0 Å². The van der Waals surface area contributed by atoms with Crippen LogP contribution in [0.3, 0.4) is 0 Å². The van der Waals surface area contributed by atoms with E-state index in [2.05, 4.69) is 0 Å². The molecule has 1 aliphatic rings. The van der Waals surface area contributed by atoms with Gasteiger partial charge in [0.1, 0.15) is 0 Å². The number of methoxy groups -OCH3 is 1. The SMILES string of the molecule is COC1CCCN(C(=O)C(C)CN)C1.Cl. The molecule has 2 N–H and O–H groups in total. The summed E-state index contributed by atoms with van der Waals surface area (Å²) < 4.78 is 5.26. The summed E-state index contributed by atoms with van der Waals surface area (Å²) in [5.74, 6) is 0.0971. The fourth-order valence-electron chi connectivity index (χ4n) is 1.74. The van der Waals surface area contributed by atoms with Crippen LogP contribution < -0.4 is 5.73 Å². The predicted molar refractivity (Wildman–Crippen MR) is 62.1 cm³/mol. The molecule has 0 aliphatic carbocycles.